The molecule has 0 amide bonds. The average molecular weight is 471 g/mol. The van der Waals surface area contributed by atoms with Crippen LogP contribution in [0.15, 0.2) is 42.5 Å². The summed E-state index contributed by atoms with van der Waals surface area (Å²) < 4.78 is 0.641. The van der Waals surface area contributed by atoms with E-state index in [-0.39, 0.29) is 24.8 Å². The third-order valence-corrected chi connectivity index (χ3v) is 5.72. The molecule has 103 valence electrons. The summed E-state index contributed by atoms with van der Waals surface area (Å²) in [5.41, 5.74) is 8.55. The van der Waals surface area contributed by atoms with E-state index in [0.29, 0.717) is 3.67 Å². The van der Waals surface area contributed by atoms with Crippen molar-refractivity contribution in [3.05, 3.63) is 70.3 Å². The molecule has 0 nitrogen and oxygen atoms in total. The van der Waals surface area contributed by atoms with Gasteiger partial charge in [-0.05, 0) is 0 Å². The third-order valence-electron chi connectivity index (χ3n) is 3.48. The van der Waals surface area contributed by atoms with Crippen molar-refractivity contribution in [1.29, 1.82) is 0 Å². The van der Waals surface area contributed by atoms with Gasteiger partial charge in [0.05, 0.1) is 0 Å². The minimum atomic E-state index is 0. The predicted molar refractivity (Wildman–Crippen MR) is 87.5 cm³/mol. The fraction of sp³-hybridized carbons (Fsp3) is 0.176. The van der Waals surface area contributed by atoms with Crippen molar-refractivity contribution in [2.24, 2.45) is 0 Å². The number of benzene rings is 2. The molecule has 0 spiro atoms. The van der Waals surface area contributed by atoms with Gasteiger partial charge in [0.15, 0.2) is 0 Å². The van der Waals surface area contributed by atoms with E-state index in [4.69, 9.17) is 0 Å². The van der Waals surface area contributed by atoms with E-state index in [1.165, 1.54) is 57.8 Å². The predicted octanol–water partition coefficient (Wildman–Crippen LogP) is 5.29. The zero-order chi connectivity index (χ0) is 12.7. The van der Waals surface area contributed by atoms with Gasteiger partial charge in [-0.3, -0.25) is 0 Å². The maximum atomic E-state index is 2.38. The maximum absolute atomic E-state index is 2.38. The minimum absolute atomic E-state index is 0. The number of hydrogen-bond donors (Lipinski definition) is 0. The first-order chi connectivity index (χ1) is 8.65. The number of halogens is 2. The van der Waals surface area contributed by atoms with Crippen LogP contribution in [0.25, 0.3) is 11.6 Å². The SMILES string of the molecule is Cc1cc(C)cc(C2=Cc3ccccc3[CH]2[Hf])c1.Cl.Cl. The van der Waals surface area contributed by atoms with E-state index in [0.717, 1.165) is 0 Å². The smallest absolute Gasteiger partial charge is 0.147 e. The Kier molecular flexibility index (Phi) is 6.25. The largest absolute Gasteiger partial charge is 0.147 e. The monoisotopic (exact) mass is 471 g/mol. The van der Waals surface area contributed by atoms with E-state index in [2.05, 4.69) is 62.4 Å². The van der Waals surface area contributed by atoms with Crippen molar-refractivity contribution < 1.29 is 24.4 Å². The van der Waals surface area contributed by atoms with Gasteiger partial charge in [-0.15, -0.1) is 24.8 Å². The first kappa shape index (κ1) is 17.7. The van der Waals surface area contributed by atoms with Crippen LogP contribution in [0.3, 0.4) is 0 Å². The van der Waals surface area contributed by atoms with Crippen molar-refractivity contribution in [2.45, 2.75) is 17.5 Å². The van der Waals surface area contributed by atoms with Crippen LogP contribution < -0.4 is 0 Å². The number of fused-ring (bicyclic) bond motifs is 1. The van der Waals surface area contributed by atoms with Gasteiger partial charge in [-0.1, -0.05) is 0 Å². The van der Waals surface area contributed by atoms with Gasteiger partial charge in [-0.2, -0.15) is 0 Å². The van der Waals surface area contributed by atoms with Gasteiger partial charge < -0.3 is 0 Å². The molecule has 0 fully saturated rings. The Bertz CT molecular complexity index is 627. The second kappa shape index (κ2) is 7.06. The van der Waals surface area contributed by atoms with Gasteiger partial charge in [0.25, 0.3) is 0 Å². The van der Waals surface area contributed by atoms with Crippen LogP contribution in [0, 0.1) is 13.8 Å². The molecule has 0 N–H and O–H groups in total. The van der Waals surface area contributed by atoms with Crippen molar-refractivity contribution >= 4 is 36.5 Å². The van der Waals surface area contributed by atoms with E-state index < -0.39 is 0 Å². The fourth-order valence-corrected chi connectivity index (χ4v) is 4.56. The molecular weight excluding hydrogens is 454 g/mol. The fourth-order valence-electron chi connectivity index (χ4n) is 2.71. The molecule has 1 aliphatic rings. The molecule has 2 aromatic carbocycles. The van der Waals surface area contributed by atoms with Crippen molar-refractivity contribution in [1.82, 2.24) is 0 Å². The second-order valence-electron chi connectivity index (χ2n) is 5.04. The van der Waals surface area contributed by atoms with Gasteiger partial charge in [0, 0.05) is 0 Å². The summed E-state index contributed by atoms with van der Waals surface area (Å²) in [6.07, 6.45) is 2.38. The number of hydrogen-bond acceptors (Lipinski definition) is 0. The maximum Gasteiger partial charge on any atom is -0.147 e. The topological polar surface area (TPSA) is 0 Å². The van der Waals surface area contributed by atoms with E-state index in [9.17, 15) is 0 Å². The summed E-state index contributed by atoms with van der Waals surface area (Å²) in [5.74, 6) is 0. The number of rotatable bonds is 1. The first-order valence-electron chi connectivity index (χ1n) is 6.25. The summed E-state index contributed by atoms with van der Waals surface area (Å²) in [6, 6.07) is 15.7. The molecule has 20 heavy (non-hydrogen) atoms. The molecule has 0 heterocycles. The quantitative estimate of drug-likeness (QED) is 0.497. The molecule has 1 unspecified atom stereocenters. The summed E-state index contributed by atoms with van der Waals surface area (Å²) in [4.78, 5) is 0. The van der Waals surface area contributed by atoms with Crippen LogP contribution in [0.5, 0.6) is 0 Å². The summed E-state index contributed by atoms with van der Waals surface area (Å²) in [6.45, 7) is 4.36. The van der Waals surface area contributed by atoms with Gasteiger partial charge in [-0.25, -0.2) is 0 Å². The molecule has 0 aromatic heterocycles. The van der Waals surface area contributed by atoms with Gasteiger partial charge >= 0.3 is 124 Å². The molecule has 0 aliphatic heterocycles. The summed E-state index contributed by atoms with van der Waals surface area (Å²) in [7, 11) is 0. The average Bonchev–Trinajstić information content (AvgIpc) is 2.66. The molecule has 1 aliphatic carbocycles. The van der Waals surface area contributed by atoms with Crippen molar-refractivity contribution in [3.8, 4) is 0 Å². The standard InChI is InChI=1S/C17H15.2ClH.Hf/c1-12-7-13(2)9-16(8-12)17-10-14-5-3-4-6-15(14)11-17;;;/h3-11H,1-2H3;2*1H;. The Morgan fingerprint density at radius 2 is 1.50 bits per heavy atom. The first-order valence-corrected chi connectivity index (χ1v) is 8.33. The van der Waals surface area contributed by atoms with Gasteiger partial charge in [0.2, 0.25) is 0 Å². The Morgan fingerprint density at radius 1 is 0.900 bits per heavy atom. The normalized spacial score (nSPS) is 15.7. The molecule has 0 bridgehead atoms. The van der Waals surface area contributed by atoms with E-state index in [1.54, 1.807) is 0 Å². The summed E-state index contributed by atoms with van der Waals surface area (Å²) >= 11 is 1.17. The van der Waals surface area contributed by atoms with Crippen LogP contribution in [-0.2, 0) is 24.4 Å². The van der Waals surface area contributed by atoms with Crippen LogP contribution in [0.1, 0.15) is 31.5 Å². The molecule has 3 rings (SSSR count). The number of allylic oxidation sites excluding steroid dienone is 1. The molecule has 0 saturated heterocycles. The van der Waals surface area contributed by atoms with Crippen molar-refractivity contribution in [3.63, 3.8) is 0 Å². The Morgan fingerprint density at radius 3 is 2.10 bits per heavy atom. The van der Waals surface area contributed by atoms with Crippen LogP contribution >= 0.6 is 24.8 Å². The Hall–Kier alpha value is -0.370. The van der Waals surface area contributed by atoms with E-state index >= 15 is 0 Å². The van der Waals surface area contributed by atoms with E-state index in [1.807, 2.05) is 0 Å². The third kappa shape index (κ3) is 3.27. The zero-order valence-electron chi connectivity index (χ0n) is 11.5. The Balaban J connectivity index is 0.000001000. The number of aryl methyl sites for hydroxylation is 2. The molecule has 0 saturated carbocycles. The van der Waals surface area contributed by atoms with Crippen LogP contribution in [-0.4, -0.2) is 0 Å². The Labute approximate surface area is 148 Å². The van der Waals surface area contributed by atoms with Crippen LogP contribution in [0.2, 0.25) is 0 Å². The van der Waals surface area contributed by atoms with Gasteiger partial charge in [0.1, 0.15) is 0 Å². The second-order valence-corrected chi connectivity index (χ2v) is 7.11. The molecule has 3 heteroatoms. The molecule has 2 aromatic rings. The van der Waals surface area contributed by atoms with Crippen LogP contribution in [0.4, 0.5) is 0 Å². The molecule has 0 radical (unpaired) electrons. The molecule has 1 atom stereocenters. The minimum Gasteiger partial charge on any atom is -0.147 e. The van der Waals surface area contributed by atoms with Crippen molar-refractivity contribution in [2.75, 3.05) is 0 Å². The summed E-state index contributed by atoms with van der Waals surface area (Å²) in [5, 5.41) is 0. The molecular formula is C17H17Cl2Hf. The zero-order valence-corrected chi connectivity index (χ0v) is 16.7.